The molecular weight excluding hydrogens is 132 g/mol. The van der Waals surface area contributed by atoms with E-state index in [1.807, 2.05) is 0 Å². The predicted octanol–water partition coefficient (Wildman–Crippen LogP) is 2.44. The molecule has 2 atom stereocenters. The molecule has 2 rings (SSSR count). The van der Waals surface area contributed by atoms with Gasteiger partial charge < -0.3 is 0 Å². The minimum absolute atomic E-state index is 0.863. The summed E-state index contributed by atoms with van der Waals surface area (Å²) in [6.07, 6.45) is 7.19. The fourth-order valence-electron chi connectivity index (χ4n) is 1.96. The molecule has 2 aliphatic rings. The molecule has 0 radical (unpaired) electrons. The van der Waals surface area contributed by atoms with Gasteiger partial charge in [-0.05, 0) is 30.6 Å². The average molecular weight is 143 g/mol. The highest BCUT2D eigenvalue weighted by atomic mass is 35.5. The molecule has 0 bridgehead atoms. The van der Waals surface area contributed by atoms with Gasteiger partial charge in [0, 0.05) is 5.88 Å². The monoisotopic (exact) mass is 142 g/mol. The molecule has 0 nitrogen and oxygen atoms in total. The van der Waals surface area contributed by atoms with Crippen LogP contribution in [0, 0.1) is 17.8 Å². The van der Waals surface area contributed by atoms with Crippen molar-refractivity contribution in [3.8, 4) is 0 Å². The fourth-order valence-corrected chi connectivity index (χ4v) is 2.42. The van der Waals surface area contributed by atoms with Crippen molar-refractivity contribution in [2.75, 3.05) is 5.88 Å². The van der Waals surface area contributed by atoms with Gasteiger partial charge in [-0.2, -0.15) is 0 Å². The van der Waals surface area contributed by atoms with Gasteiger partial charge in [-0.15, -0.1) is 11.6 Å². The molecule has 0 saturated heterocycles. The number of rotatable bonds is 1. The smallest absolute Gasteiger partial charge is 0.0257 e. The zero-order valence-corrected chi connectivity index (χ0v) is 6.14. The molecule has 0 heterocycles. The van der Waals surface area contributed by atoms with Gasteiger partial charge in [0.1, 0.15) is 0 Å². The summed E-state index contributed by atoms with van der Waals surface area (Å²) in [6, 6.07) is 0. The average Bonchev–Trinajstić information content (AvgIpc) is 2.60. The topological polar surface area (TPSA) is 0 Å². The summed E-state index contributed by atoms with van der Waals surface area (Å²) in [5, 5.41) is 0. The van der Waals surface area contributed by atoms with Gasteiger partial charge in [0.2, 0.25) is 0 Å². The molecule has 0 aromatic heterocycles. The summed E-state index contributed by atoms with van der Waals surface area (Å²) >= 11 is 5.75. The Morgan fingerprint density at radius 2 is 1.78 bits per heavy atom. The second-order valence-electron chi connectivity index (χ2n) is 3.09. The molecule has 50 valence electrons. The number of hydrogen-bond acceptors (Lipinski definition) is 0. The third kappa shape index (κ3) is 0.806. The standard InChI is InChI=1S/C8H11Cl/c9-5-8-6-3-1-2-4-7(6)8/h1-2,6-8H,3-5H2. The first-order valence-electron chi connectivity index (χ1n) is 3.64. The van der Waals surface area contributed by atoms with E-state index in [0.29, 0.717) is 0 Å². The zero-order chi connectivity index (χ0) is 6.27. The van der Waals surface area contributed by atoms with Crippen molar-refractivity contribution in [3.63, 3.8) is 0 Å². The Morgan fingerprint density at radius 1 is 1.22 bits per heavy atom. The van der Waals surface area contributed by atoms with E-state index in [1.165, 1.54) is 12.8 Å². The number of alkyl halides is 1. The van der Waals surface area contributed by atoms with Gasteiger partial charge in [-0.1, -0.05) is 12.2 Å². The molecule has 0 spiro atoms. The quantitative estimate of drug-likeness (QED) is 0.390. The van der Waals surface area contributed by atoms with Crippen molar-refractivity contribution in [2.45, 2.75) is 12.8 Å². The first kappa shape index (κ1) is 5.79. The molecule has 0 amide bonds. The molecule has 0 aromatic carbocycles. The Kier molecular flexibility index (Phi) is 1.30. The lowest BCUT2D eigenvalue weighted by Crippen LogP contribution is -1.83. The lowest BCUT2D eigenvalue weighted by Gasteiger charge is -1.96. The highest BCUT2D eigenvalue weighted by Crippen LogP contribution is 2.53. The van der Waals surface area contributed by atoms with Crippen LogP contribution in [0.3, 0.4) is 0 Å². The summed E-state index contributed by atoms with van der Waals surface area (Å²) in [5.74, 6) is 3.68. The Labute approximate surface area is 60.9 Å². The number of hydrogen-bond donors (Lipinski definition) is 0. The van der Waals surface area contributed by atoms with E-state index in [9.17, 15) is 0 Å². The van der Waals surface area contributed by atoms with E-state index in [0.717, 1.165) is 23.6 Å². The predicted molar refractivity (Wildman–Crippen MR) is 39.6 cm³/mol. The second-order valence-corrected chi connectivity index (χ2v) is 3.40. The Balaban J connectivity index is 1.98. The maximum absolute atomic E-state index is 5.75. The third-order valence-corrected chi connectivity index (χ3v) is 3.03. The molecule has 2 aliphatic carbocycles. The van der Waals surface area contributed by atoms with E-state index >= 15 is 0 Å². The molecule has 0 N–H and O–H groups in total. The van der Waals surface area contributed by atoms with E-state index in [2.05, 4.69) is 12.2 Å². The van der Waals surface area contributed by atoms with Crippen LogP contribution in [0.4, 0.5) is 0 Å². The lowest BCUT2D eigenvalue weighted by molar-refractivity contribution is 0.689. The summed E-state index contributed by atoms with van der Waals surface area (Å²) in [7, 11) is 0. The van der Waals surface area contributed by atoms with E-state index in [-0.39, 0.29) is 0 Å². The van der Waals surface area contributed by atoms with Crippen molar-refractivity contribution in [1.29, 1.82) is 0 Å². The van der Waals surface area contributed by atoms with Gasteiger partial charge in [0.05, 0.1) is 0 Å². The van der Waals surface area contributed by atoms with Crippen LogP contribution in [0.2, 0.25) is 0 Å². The van der Waals surface area contributed by atoms with E-state index < -0.39 is 0 Å². The maximum atomic E-state index is 5.75. The van der Waals surface area contributed by atoms with Crippen molar-refractivity contribution in [3.05, 3.63) is 12.2 Å². The van der Waals surface area contributed by atoms with Crippen LogP contribution in [0.15, 0.2) is 12.2 Å². The molecule has 1 saturated carbocycles. The molecular formula is C8H11Cl. The number of fused-ring (bicyclic) bond motifs is 1. The molecule has 9 heavy (non-hydrogen) atoms. The van der Waals surface area contributed by atoms with Crippen LogP contribution in [-0.4, -0.2) is 5.88 Å². The highest BCUT2D eigenvalue weighted by molar-refractivity contribution is 6.18. The van der Waals surface area contributed by atoms with Crippen LogP contribution >= 0.6 is 11.6 Å². The van der Waals surface area contributed by atoms with Gasteiger partial charge in [-0.25, -0.2) is 0 Å². The summed E-state index contributed by atoms with van der Waals surface area (Å²) < 4.78 is 0. The van der Waals surface area contributed by atoms with E-state index in [1.54, 1.807) is 0 Å². The molecule has 1 fully saturated rings. The van der Waals surface area contributed by atoms with Crippen LogP contribution in [0.1, 0.15) is 12.8 Å². The van der Waals surface area contributed by atoms with E-state index in [4.69, 9.17) is 11.6 Å². The van der Waals surface area contributed by atoms with Crippen molar-refractivity contribution in [2.24, 2.45) is 17.8 Å². The van der Waals surface area contributed by atoms with Gasteiger partial charge >= 0.3 is 0 Å². The van der Waals surface area contributed by atoms with Crippen LogP contribution in [0.25, 0.3) is 0 Å². The minimum atomic E-state index is 0.863. The molecule has 1 heteroatoms. The Morgan fingerprint density at radius 3 is 2.22 bits per heavy atom. The first-order chi connectivity index (χ1) is 4.43. The zero-order valence-electron chi connectivity index (χ0n) is 5.39. The number of halogens is 1. The maximum Gasteiger partial charge on any atom is 0.0257 e. The Bertz CT molecular complexity index is 126. The third-order valence-electron chi connectivity index (χ3n) is 2.67. The molecule has 0 aliphatic heterocycles. The van der Waals surface area contributed by atoms with Crippen molar-refractivity contribution in [1.82, 2.24) is 0 Å². The molecule has 2 unspecified atom stereocenters. The lowest BCUT2D eigenvalue weighted by atomic mass is 10.1. The second kappa shape index (κ2) is 2.02. The van der Waals surface area contributed by atoms with Gasteiger partial charge in [-0.3, -0.25) is 0 Å². The summed E-state index contributed by atoms with van der Waals surface area (Å²) in [4.78, 5) is 0. The van der Waals surface area contributed by atoms with Gasteiger partial charge in [0.15, 0.2) is 0 Å². The summed E-state index contributed by atoms with van der Waals surface area (Å²) in [6.45, 7) is 0. The van der Waals surface area contributed by atoms with Crippen molar-refractivity contribution < 1.29 is 0 Å². The molecule has 0 aromatic rings. The highest BCUT2D eigenvalue weighted by Gasteiger charge is 2.48. The first-order valence-corrected chi connectivity index (χ1v) is 4.18. The van der Waals surface area contributed by atoms with Crippen molar-refractivity contribution >= 4 is 11.6 Å². The normalized spacial score (nSPS) is 46.6. The summed E-state index contributed by atoms with van der Waals surface area (Å²) in [5.41, 5.74) is 0. The minimum Gasteiger partial charge on any atom is -0.126 e. The SMILES string of the molecule is ClCC1C2CC=CCC12. The van der Waals surface area contributed by atoms with Crippen LogP contribution in [-0.2, 0) is 0 Å². The van der Waals surface area contributed by atoms with Gasteiger partial charge in [0.25, 0.3) is 0 Å². The van der Waals surface area contributed by atoms with Crippen LogP contribution < -0.4 is 0 Å². The largest absolute Gasteiger partial charge is 0.126 e. The number of allylic oxidation sites excluding steroid dienone is 2. The Hall–Kier alpha value is 0.0300. The van der Waals surface area contributed by atoms with Crippen LogP contribution in [0.5, 0.6) is 0 Å². The fraction of sp³-hybridized carbons (Fsp3) is 0.750.